The summed E-state index contributed by atoms with van der Waals surface area (Å²) < 4.78 is 6.86. The minimum absolute atomic E-state index is 0.0449. The van der Waals surface area contributed by atoms with Gasteiger partial charge in [-0.05, 0) is 31.2 Å². The van der Waals surface area contributed by atoms with Crippen LogP contribution in [0.1, 0.15) is 28.4 Å². The van der Waals surface area contributed by atoms with Gasteiger partial charge in [-0.2, -0.15) is 4.98 Å². The Morgan fingerprint density at radius 2 is 2.03 bits per heavy atom. The Morgan fingerprint density at radius 3 is 2.79 bits per heavy atom. The number of ketones is 1. The molecule has 0 spiro atoms. The maximum atomic E-state index is 12.3. The van der Waals surface area contributed by atoms with Crippen molar-refractivity contribution >= 4 is 17.4 Å². The van der Waals surface area contributed by atoms with Crippen molar-refractivity contribution in [2.45, 2.75) is 19.8 Å². The van der Waals surface area contributed by atoms with Crippen LogP contribution in [0.3, 0.4) is 0 Å². The van der Waals surface area contributed by atoms with Gasteiger partial charge in [-0.1, -0.05) is 41.0 Å². The first-order valence-corrected chi connectivity index (χ1v) is 9.38. The van der Waals surface area contributed by atoms with E-state index in [-0.39, 0.29) is 17.9 Å². The number of hydrogen-bond donors (Lipinski definition) is 1. The highest BCUT2D eigenvalue weighted by atomic mass is 35.5. The molecule has 0 fully saturated rings. The fraction of sp³-hybridized carbons (Fsp3) is 0.143. The molecule has 0 amide bonds. The van der Waals surface area contributed by atoms with E-state index in [1.54, 1.807) is 35.0 Å². The molecule has 0 saturated carbocycles. The third kappa shape index (κ3) is 4.05. The van der Waals surface area contributed by atoms with Gasteiger partial charge in [0.15, 0.2) is 5.78 Å². The van der Waals surface area contributed by atoms with Crippen LogP contribution in [0.25, 0.3) is 17.1 Å². The van der Waals surface area contributed by atoms with E-state index in [1.807, 2.05) is 31.2 Å². The molecule has 0 radical (unpaired) electrons. The van der Waals surface area contributed by atoms with E-state index in [9.17, 15) is 9.59 Å². The lowest BCUT2D eigenvalue weighted by atomic mass is 10.1. The Morgan fingerprint density at radius 1 is 1.21 bits per heavy atom. The van der Waals surface area contributed by atoms with Gasteiger partial charge in [0.2, 0.25) is 11.7 Å². The number of nitrogens with zero attached hydrogens (tertiary/aromatic N) is 3. The third-order valence-corrected chi connectivity index (χ3v) is 4.74. The molecule has 29 heavy (non-hydrogen) atoms. The lowest BCUT2D eigenvalue weighted by Crippen LogP contribution is -2.15. The highest BCUT2D eigenvalue weighted by Crippen LogP contribution is 2.20. The SMILES string of the molecule is Cc1c[nH]c(=O)n1-c1cccc(-c2noc(CCC(=O)c3cccc(Cl)c3)n2)c1. The predicted octanol–water partition coefficient (Wildman–Crippen LogP) is 3.99. The number of aromatic nitrogens is 4. The standard InChI is InChI=1S/C21H17ClN4O3/c1-13-12-23-21(28)26(13)17-7-3-5-15(11-17)20-24-19(29-25-20)9-8-18(27)14-4-2-6-16(22)10-14/h2-7,10-12H,8-9H2,1H3,(H,23,28). The maximum Gasteiger partial charge on any atom is 0.330 e. The number of nitrogens with one attached hydrogen (secondary N) is 1. The number of hydrogen-bond acceptors (Lipinski definition) is 5. The van der Waals surface area contributed by atoms with Gasteiger partial charge in [0.05, 0.1) is 5.69 Å². The summed E-state index contributed by atoms with van der Waals surface area (Å²) in [4.78, 5) is 31.3. The molecule has 1 N–H and O–H groups in total. The van der Waals surface area contributed by atoms with E-state index in [0.29, 0.717) is 40.0 Å². The summed E-state index contributed by atoms with van der Waals surface area (Å²) >= 11 is 5.93. The Kier molecular flexibility index (Phi) is 5.14. The van der Waals surface area contributed by atoms with Crippen molar-refractivity contribution in [1.29, 1.82) is 0 Å². The molecule has 146 valence electrons. The Hall–Kier alpha value is -3.45. The first-order chi connectivity index (χ1) is 14.0. The third-order valence-electron chi connectivity index (χ3n) is 4.50. The molecule has 2 heterocycles. The Labute approximate surface area is 171 Å². The number of carbonyl (C=O) groups is 1. The molecule has 0 aliphatic rings. The molecule has 0 bridgehead atoms. The molecular weight excluding hydrogens is 392 g/mol. The molecule has 0 aliphatic carbocycles. The van der Waals surface area contributed by atoms with Gasteiger partial charge in [0.25, 0.3) is 0 Å². The molecule has 2 aromatic heterocycles. The average molecular weight is 409 g/mol. The molecule has 4 rings (SSSR count). The van der Waals surface area contributed by atoms with Crippen LogP contribution in [0.15, 0.2) is 64.0 Å². The minimum Gasteiger partial charge on any atom is -0.339 e. The summed E-state index contributed by atoms with van der Waals surface area (Å²) in [6.07, 6.45) is 2.22. The van der Waals surface area contributed by atoms with Gasteiger partial charge < -0.3 is 9.51 Å². The first kappa shape index (κ1) is 18.9. The highest BCUT2D eigenvalue weighted by Gasteiger charge is 2.13. The van der Waals surface area contributed by atoms with Crippen LogP contribution >= 0.6 is 11.6 Å². The summed E-state index contributed by atoms with van der Waals surface area (Å²) in [6.45, 7) is 1.84. The molecule has 2 aromatic carbocycles. The molecule has 0 aliphatic heterocycles. The number of H-pyrrole nitrogens is 1. The molecule has 8 heteroatoms. The predicted molar refractivity (Wildman–Crippen MR) is 109 cm³/mol. The number of Topliss-reactive ketones (excluding diaryl/α,β-unsaturated/α-hetero) is 1. The summed E-state index contributed by atoms with van der Waals surface area (Å²) in [5, 5.41) is 4.53. The fourth-order valence-electron chi connectivity index (χ4n) is 3.06. The number of aryl methyl sites for hydroxylation is 2. The zero-order chi connectivity index (χ0) is 20.4. The van der Waals surface area contributed by atoms with E-state index in [0.717, 1.165) is 5.69 Å². The molecule has 0 atom stereocenters. The number of carbonyl (C=O) groups excluding carboxylic acids is 1. The van der Waals surface area contributed by atoms with Crippen LogP contribution in [0, 0.1) is 6.92 Å². The van der Waals surface area contributed by atoms with Gasteiger partial charge in [0, 0.05) is 40.9 Å². The molecule has 0 unspecified atom stereocenters. The zero-order valence-electron chi connectivity index (χ0n) is 15.6. The molecule has 4 aromatic rings. The van der Waals surface area contributed by atoms with Crippen molar-refractivity contribution in [1.82, 2.24) is 19.7 Å². The van der Waals surface area contributed by atoms with E-state index < -0.39 is 0 Å². The quantitative estimate of drug-likeness (QED) is 0.487. The average Bonchev–Trinajstić information content (AvgIpc) is 3.33. The van der Waals surface area contributed by atoms with E-state index in [2.05, 4.69) is 15.1 Å². The van der Waals surface area contributed by atoms with Crippen LogP contribution in [0.5, 0.6) is 0 Å². The number of rotatable bonds is 6. The van der Waals surface area contributed by atoms with Crippen LogP contribution in [-0.2, 0) is 6.42 Å². The first-order valence-electron chi connectivity index (χ1n) is 9.00. The highest BCUT2D eigenvalue weighted by molar-refractivity contribution is 6.31. The number of benzene rings is 2. The second-order valence-electron chi connectivity index (χ2n) is 6.57. The van der Waals surface area contributed by atoms with E-state index in [1.165, 1.54) is 0 Å². The molecule has 0 saturated heterocycles. The fourth-order valence-corrected chi connectivity index (χ4v) is 3.25. The van der Waals surface area contributed by atoms with Crippen LogP contribution in [0.4, 0.5) is 0 Å². The minimum atomic E-state index is -0.215. The Bertz CT molecular complexity index is 1240. The van der Waals surface area contributed by atoms with Crippen molar-refractivity contribution in [3.63, 3.8) is 0 Å². The second kappa shape index (κ2) is 7.89. The monoisotopic (exact) mass is 408 g/mol. The molecule has 7 nitrogen and oxygen atoms in total. The number of aromatic amines is 1. The molecular formula is C21H17ClN4O3. The lowest BCUT2D eigenvalue weighted by molar-refractivity contribution is 0.0979. The smallest absolute Gasteiger partial charge is 0.330 e. The van der Waals surface area contributed by atoms with Gasteiger partial charge in [-0.25, -0.2) is 4.79 Å². The number of halogens is 1. The van der Waals surface area contributed by atoms with Crippen molar-refractivity contribution in [3.8, 4) is 17.1 Å². The largest absolute Gasteiger partial charge is 0.339 e. The number of imidazole rings is 1. The van der Waals surface area contributed by atoms with E-state index in [4.69, 9.17) is 16.1 Å². The maximum absolute atomic E-state index is 12.3. The summed E-state index contributed by atoms with van der Waals surface area (Å²) in [5.41, 5.74) is 2.55. The van der Waals surface area contributed by atoms with E-state index >= 15 is 0 Å². The van der Waals surface area contributed by atoms with Crippen LogP contribution in [0.2, 0.25) is 5.02 Å². The summed E-state index contributed by atoms with van der Waals surface area (Å²) in [5.74, 6) is 0.727. The van der Waals surface area contributed by atoms with Crippen LogP contribution < -0.4 is 5.69 Å². The second-order valence-corrected chi connectivity index (χ2v) is 7.00. The zero-order valence-corrected chi connectivity index (χ0v) is 16.3. The normalized spacial score (nSPS) is 11.0. The van der Waals surface area contributed by atoms with Gasteiger partial charge in [0.1, 0.15) is 0 Å². The summed E-state index contributed by atoms with van der Waals surface area (Å²) in [6, 6.07) is 14.1. The summed E-state index contributed by atoms with van der Waals surface area (Å²) in [7, 11) is 0. The van der Waals surface area contributed by atoms with Crippen molar-refractivity contribution in [2.75, 3.05) is 0 Å². The van der Waals surface area contributed by atoms with Gasteiger partial charge in [-0.3, -0.25) is 9.36 Å². The van der Waals surface area contributed by atoms with Crippen molar-refractivity contribution in [3.05, 3.63) is 87.4 Å². The van der Waals surface area contributed by atoms with Gasteiger partial charge >= 0.3 is 5.69 Å². The van der Waals surface area contributed by atoms with Crippen LogP contribution in [-0.4, -0.2) is 25.5 Å². The topological polar surface area (TPSA) is 93.8 Å². The lowest BCUT2D eigenvalue weighted by Gasteiger charge is -2.05. The van der Waals surface area contributed by atoms with Crippen molar-refractivity contribution in [2.24, 2.45) is 0 Å². The van der Waals surface area contributed by atoms with Gasteiger partial charge in [-0.15, -0.1) is 0 Å². The Balaban J connectivity index is 1.50. The van der Waals surface area contributed by atoms with Crippen molar-refractivity contribution < 1.29 is 9.32 Å².